The molecule has 1 N–H and O–H groups in total. The molecule has 0 bridgehead atoms. The van der Waals surface area contributed by atoms with Gasteiger partial charge in [0.2, 0.25) is 6.79 Å². The van der Waals surface area contributed by atoms with Gasteiger partial charge in [-0.2, -0.15) is 0 Å². The fourth-order valence-corrected chi connectivity index (χ4v) is 2.68. The lowest BCUT2D eigenvalue weighted by atomic mass is 10.2. The Morgan fingerprint density at radius 1 is 1.25 bits per heavy atom. The molecule has 0 radical (unpaired) electrons. The van der Waals surface area contributed by atoms with E-state index in [1.807, 2.05) is 18.2 Å². The third-order valence-electron chi connectivity index (χ3n) is 2.79. The highest BCUT2D eigenvalue weighted by Gasteiger charge is 2.13. The molecule has 6 heteroatoms. The van der Waals surface area contributed by atoms with Gasteiger partial charge in [0.05, 0.1) is 0 Å². The zero-order chi connectivity index (χ0) is 13.9. The second kappa shape index (κ2) is 5.42. The van der Waals surface area contributed by atoms with Crippen molar-refractivity contribution in [3.8, 4) is 11.5 Å². The van der Waals surface area contributed by atoms with Crippen LogP contribution in [0, 0.1) is 0 Å². The van der Waals surface area contributed by atoms with E-state index in [0.29, 0.717) is 0 Å². The predicted molar refractivity (Wildman–Crippen MR) is 73.3 cm³/mol. The van der Waals surface area contributed by atoms with E-state index in [0.717, 1.165) is 27.7 Å². The molecule has 20 heavy (non-hydrogen) atoms. The Morgan fingerprint density at radius 2 is 2.10 bits per heavy atom. The Bertz CT molecular complexity index is 659. The summed E-state index contributed by atoms with van der Waals surface area (Å²) < 4.78 is 10.6. The summed E-state index contributed by atoms with van der Waals surface area (Å²) in [7, 11) is 0. The van der Waals surface area contributed by atoms with E-state index in [1.165, 1.54) is 6.20 Å². The van der Waals surface area contributed by atoms with Crippen LogP contribution in [0.4, 0.5) is 0 Å². The van der Waals surface area contributed by atoms with Crippen molar-refractivity contribution in [2.24, 2.45) is 0 Å². The van der Waals surface area contributed by atoms with Gasteiger partial charge in [-0.05, 0) is 29.8 Å². The number of carbonyl (C=O) groups is 1. The summed E-state index contributed by atoms with van der Waals surface area (Å²) in [5.74, 6) is 1.22. The Balaban J connectivity index is 1.70. The van der Waals surface area contributed by atoms with Crippen LogP contribution in [0.5, 0.6) is 11.5 Å². The number of hydrogen-bond donors (Lipinski definition) is 1. The molecule has 1 aromatic carbocycles. The molecule has 2 aromatic rings. The first-order valence-electron chi connectivity index (χ1n) is 5.93. The number of benzene rings is 1. The normalized spacial score (nSPS) is 12.4. The van der Waals surface area contributed by atoms with Crippen molar-refractivity contribution in [3.05, 3.63) is 47.8 Å². The smallest absolute Gasteiger partial charge is 0.354 e. The molecule has 1 aliphatic heterocycles. The number of aromatic nitrogens is 1. The molecule has 0 spiro atoms. The molecule has 0 fully saturated rings. The van der Waals surface area contributed by atoms with Crippen LogP contribution >= 0.6 is 11.8 Å². The van der Waals surface area contributed by atoms with Gasteiger partial charge in [-0.1, -0.05) is 6.07 Å². The van der Waals surface area contributed by atoms with Gasteiger partial charge in [0.25, 0.3) is 0 Å². The highest BCUT2D eigenvalue weighted by molar-refractivity contribution is 7.98. The molecule has 5 nitrogen and oxygen atoms in total. The van der Waals surface area contributed by atoms with Crippen molar-refractivity contribution in [3.63, 3.8) is 0 Å². The van der Waals surface area contributed by atoms with Crippen LogP contribution in [0.25, 0.3) is 0 Å². The third-order valence-corrected chi connectivity index (χ3v) is 3.86. The number of rotatable bonds is 4. The van der Waals surface area contributed by atoms with Gasteiger partial charge >= 0.3 is 5.97 Å². The highest BCUT2D eigenvalue weighted by Crippen LogP contribution is 2.34. The molecule has 3 rings (SSSR count). The van der Waals surface area contributed by atoms with Crippen LogP contribution in [0.15, 0.2) is 41.4 Å². The zero-order valence-corrected chi connectivity index (χ0v) is 11.2. The van der Waals surface area contributed by atoms with E-state index >= 15 is 0 Å². The average Bonchev–Trinajstić information content (AvgIpc) is 2.93. The summed E-state index contributed by atoms with van der Waals surface area (Å²) in [6.07, 6.45) is 1.51. The van der Waals surface area contributed by atoms with Crippen molar-refractivity contribution >= 4 is 17.7 Å². The van der Waals surface area contributed by atoms with Crippen molar-refractivity contribution in [2.75, 3.05) is 6.79 Å². The van der Waals surface area contributed by atoms with Crippen LogP contribution in [-0.2, 0) is 5.75 Å². The molecule has 0 aliphatic carbocycles. The maximum absolute atomic E-state index is 10.9. The summed E-state index contributed by atoms with van der Waals surface area (Å²) in [6.45, 7) is 0.262. The van der Waals surface area contributed by atoms with E-state index < -0.39 is 5.97 Å². The summed E-state index contributed by atoms with van der Waals surface area (Å²) in [4.78, 5) is 15.5. The Kier molecular flexibility index (Phi) is 3.47. The van der Waals surface area contributed by atoms with Gasteiger partial charge in [0, 0.05) is 16.8 Å². The lowest BCUT2D eigenvalue weighted by Crippen LogP contribution is -1.99. The van der Waals surface area contributed by atoms with Crippen molar-refractivity contribution in [1.82, 2.24) is 4.98 Å². The lowest BCUT2D eigenvalue weighted by molar-refractivity contribution is 0.0690. The molecular formula is C14H11NO4S. The van der Waals surface area contributed by atoms with Crippen LogP contribution in [-0.4, -0.2) is 22.9 Å². The predicted octanol–water partition coefficient (Wildman–Crippen LogP) is 2.80. The zero-order valence-electron chi connectivity index (χ0n) is 10.4. The highest BCUT2D eigenvalue weighted by atomic mass is 32.2. The minimum atomic E-state index is -1.02. The molecule has 0 amide bonds. The number of carboxylic acids is 1. The van der Waals surface area contributed by atoms with E-state index in [2.05, 4.69) is 4.98 Å². The van der Waals surface area contributed by atoms with Crippen molar-refractivity contribution in [2.45, 2.75) is 10.6 Å². The fourth-order valence-electron chi connectivity index (χ4n) is 1.82. The van der Waals surface area contributed by atoms with E-state index in [1.54, 1.807) is 23.9 Å². The van der Waals surface area contributed by atoms with Crippen LogP contribution in [0.3, 0.4) is 0 Å². The minimum absolute atomic E-state index is 0.0562. The second-order valence-corrected chi connectivity index (χ2v) is 5.21. The quantitative estimate of drug-likeness (QED) is 0.873. The van der Waals surface area contributed by atoms with Crippen LogP contribution in [0.2, 0.25) is 0 Å². The number of hydrogen-bond acceptors (Lipinski definition) is 5. The molecule has 1 aliphatic rings. The Morgan fingerprint density at radius 3 is 2.95 bits per heavy atom. The molecular weight excluding hydrogens is 278 g/mol. The van der Waals surface area contributed by atoms with E-state index in [-0.39, 0.29) is 12.5 Å². The van der Waals surface area contributed by atoms with E-state index in [9.17, 15) is 4.79 Å². The molecule has 0 unspecified atom stereocenters. The average molecular weight is 289 g/mol. The molecule has 1 aromatic heterocycles. The standard InChI is InChI=1S/C14H11NO4S/c16-14(17)11-6-10(3-4-15-11)20-7-9-1-2-12-13(5-9)19-8-18-12/h1-6H,7-8H2,(H,16,17). The number of aromatic carboxylic acids is 1. The summed E-state index contributed by atoms with van der Waals surface area (Å²) in [6, 6.07) is 9.16. The SMILES string of the molecule is O=C(O)c1cc(SCc2ccc3c(c2)OCO3)ccn1. The van der Waals surface area contributed by atoms with Gasteiger partial charge in [0.1, 0.15) is 5.69 Å². The Labute approximate surface area is 119 Å². The first kappa shape index (κ1) is 12.8. The topological polar surface area (TPSA) is 68.7 Å². The Hall–Kier alpha value is -2.21. The molecule has 0 atom stereocenters. The number of thioether (sulfide) groups is 1. The van der Waals surface area contributed by atoms with Gasteiger partial charge in [-0.15, -0.1) is 11.8 Å². The molecule has 0 saturated heterocycles. The molecule has 0 saturated carbocycles. The van der Waals surface area contributed by atoms with Crippen LogP contribution in [0.1, 0.15) is 16.1 Å². The number of ether oxygens (including phenoxy) is 2. The maximum atomic E-state index is 10.9. The van der Waals surface area contributed by atoms with Gasteiger partial charge in [-0.3, -0.25) is 0 Å². The maximum Gasteiger partial charge on any atom is 0.354 e. The monoisotopic (exact) mass is 289 g/mol. The van der Waals surface area contributed by atoms with E-state index in [4.69, 9.17) is 14.6 Å². The van der Waals surface area contributed by atoms with Crippen molar-refractivity contribution in [1.29, 1.82) is 0 Å². The largest absolute Gasteiger partial charge is 0.477 e. The number of pyridine rings is 1. The second-order valence-electron chi connectivity index (χ2n) is 4.16. The summed E-state index contributed by atoms with van der Waals surface area (Å²) in [5.41, 5.74) is 1.15. The number of fused-ring (bicyclic) bond motifs is 1. The molecule has 102 valence electrons. The summed E-state index contributed by atoms with van der Waals surface area (Å²) in [5, 5.41) is 8.90. The van der Waals surface area contributed by atoms with Gasteiger partial charge in [-0.25, -0.2) is 9.78 Å². The third kappa shape index (κ3) is 2.70. The van der Waals surface area contributed by atoms with Crippen molar-refractivity contribution < 1.29 is 19.4 Å². The van der Waals surface area contributed by atoms with Gasteiger partial charge in [0.15, 0.2) is 11.5 Å². The lowest BCUT2D eigenvalue weighted by Gasteiger charge is -2.04. The summed E-state index contributed by atoms with van der Waals surface area (Å²) >= 11 is 1.55. The first-order chi connectivity index (χ1) is 9.72. The van der Waals surface area contributed by atoms with Crippen LogP contribution < -0.4 is 9.47 Å². The fraction of sp³-hybridized carbons (Fsp3) is 0.143. The minimum Gasteiger partial charge on any atom is -0.477 e. The molecule has 2 heterocycles. The number of nitrogens with zero attached hydrogens (tertiary/aromatic N) is 1. The number of carboxylic acid groups (broad SMARTS) is 1. The van der Waals surface area contributed by atoms with Gasteiger partial charge < -0.3 is 14.6 Å². The first-order valence-corrected chi connectivity index (χ1v) is 6.91.